The zero-order valence-corrected chi connectivity index (χ0v) is 12.3. The second-order valence-electron chi connectivity index (χ2n) is 4.65. The number of rotatable bonds is 6. The fourth-order valence-corrected chi connectivity index (χ4v) is 2.05. The van der Waals surface area contributed by atoms with Crippen molar-refractivity contribution in [2.45, 2.75) is 33.6 Å². The van der Waals surface area contributed by atoms with Gasteiger partial charge >= 0.3 is 0 Å². The van der Waals surface area contributed by atoms with Gasteiger partial charge in [0.2, 0.25) is 5.88 Å². The van der Waals surface area contributed by atoms with Crippen molar-refractivity contribution in [2.24, 2.45) is 0 Å². The molecule has 2 rings (SSSR count). The molecule has 1 heterocycles. The number of benzene rings is 1. The summed E-state index contributed by atoms with van der Waals surface area (Å²) in [6, 6.07) is 7.95. The summed E-state index contributed by atoms with van der Waals surface area (Å²) < 4.78 is 5.99. The number of para-hydroxylation sites is 1. The lowest BCUT2D eigenvalue weighted by atomic mass is 10.1. The second kappa shape index (κ2) is 6.89. The lowest BCUT2D eigenvalue weighted by molar-refractivity contribution is 0.451. The van der Waals surface area contributed by atoms with Crippen LogP contribution in [0.3, 0.4) is 0 Å². The van der Waals surface area contributed by atoms with Gasteiger partial charge in [-0.1, -0.05) is 31.5 Å². The number of aromatic nitrogens is 2. The summed E-state index contributed by atoms with van der Waals surface area (Å²) >= 11 is 0. The molecular weight excluding hydrogens is 250 g/mol. The van der Waals surface area contributed by atoms with E-state index in [9.17, 15) is 0 Å². The molecule has 0 aliphatic rings. The standard InChI is InChI=1S/C16H21N3O/c1-4-8-13-15(17-5-2)18-11-19-16(13)20-14-10-7-6-9-12(14)3/h6-7,9-11H,4-5,8H2,1-3H3,(H,17,18,19). The molecule has 0 radical (unpaired) electrons. The Morgan fingerprint density at radius 2 is 1.95 bits per heavy atom. The smallest absolute Gasteiger partial charge is 0.227 e. The van der Waals surface area contributed by atoms with Crippen LogP contribution in [0.15, 0.2) is 30.6 Å². The lowest BCUT2D eigenvalue weighted by Gasteiger charge is -2.14. The third kappa shape index (κ3) is 3.26. The van der Waals surface area contributed by atoms with Gasteiger partial charge in [0.15, 0.2) is 0 Å². The van der Waals surface area contributed by atoms with Crippen molar-refractivity contribution in [1.29, 1.82) is 0 Å². The zero-order valence-electron chi connectivity index (χ0n) is 12.3. The molecule has 0 bridgehead atoms. The molecule has 0 atom stereocenters. The van der Waals surface area contributed by atoms with E-state index in [1.165, 1.54) is 0 Å². The van der Waals surface area contributed by atoms with Crippen molar-refractivity contribution in [3.63, 3.8) is 0 Å². The minimum atomic E-state index is 0.645. The topological polar surface area (TPSA) is 47.0 Å². The maximum atomic E-state index is 5.99. The van der Waals surface area contributed by atoms with Gasteiger partial charge in [0.1, 0.15) is 17.9 Å². The van der Waals surface area contributed by atoms with Gasteiger partial charge in [-0.3, -0.25) is 0 Å². The summed E-state index contributed by atoms with van der Waals surface area (Å²) in [5.41, 5.74) is 2.14. The number of ether oxygens (including phenoxy) is 1. The molecule has 0 aliphatic heterocycles. The van der Waals surface area contributed by atoms with Crippen LogP contribution >= 0.6 is 0 Å². The Hall–Kier alpha value is -2.10. The van der Waals surface area contributed by atoms with Gasteiger partial charge in [0.25, 0.3) is 0 Å². The molecule has 2 aromatic rings. The van der Waals surface area contributed by atoms with Crippen LogP contribution in [-0.2, 0) is 6.42 Å². The maximum absolute atomic E-state index is 5.99. The number of aryl methyl sites for hydroxylation is 1. The van der Waals surface area contributed by atoms with Crippen molar-refractivity contribution >= 4 is 5.82 Å². The molecule has 4 nitrogen and oxygen atoms in total. The Balaban J connectivity index is 2.35. The molecule has 0 saturated carbocycles. The first-order valence-corrected chi connectivity index (χ1v) is 7.07. The molecule has 0 spiro atoms. The summed E-state index contributed by atoms with van der Waals surface area (Å²) in [5.74, 6) is 2.35. The molecule has 4 heteroatoms. The fourth-order valence-electron chi connectivity index (χ4n) is 2.05. The number of hydrogen-bond acceptors (Lipinski definition) is 4. The Morgan fingerprint density at radius 3 is 2.65 bits per heavy atom. The van der Waals surface area contributed by atoms with Crippen LogP contribution in [0, 0.1) is 6.92 Å². The first-order chi connectivity index (χ1) is 9.76. The Morgan fingerprint density at radius 1 is 1.15 bits per heavy atom. The molecule has 1 aromatic carbocycles. The number of nitrogens with zero attached hydrogens (tertiary/aromatic N) is 2. The molecule has 0 amide bonds. The highest BCUT2D eigenvalue weighted by atomic mass is 16.5. The molecule has 0 saturated heterocycles. The van der Waals surface area contributed by atoms with Crippen molar-refractivity contribution in [1.82, 2.24) is 9.97 Å². The van der Waals surface area contributed by atoms with E-state index in [1.54, 1.807) is 6.33 Å². The monoisotopic (exact) mass is 271 g/mol. The van der Waals surface area contributed by atoms with E-state index in [-0.39, 0.29) is 0 Å². The van der Waals surface area contributed by atoms with E-state index in [1.807, 2.05) is 31.2 Å². The summed E-state index contributed by atoms with van der Waals surface area (Å²) in [5, 5.41) is 3.27. The van der Waals surface area contributed by atoms with Crippen LogP contribution in [-0.4, -0.2) is 16.5 Å². The highest BCUT2D eigenvalue weighted by Gasteiger charge is 2.13. The van der Waals surface area contributed by atoms with Crippen molar-refractivity contribution < 1.29 is 4.74 Å². The van der Waals surface area contributed by atoms with Gasteiger partial charge in [-0.05, 0) is 31.9 Å². The minimum absolute atomic E-state index is 0.645. The zero-order chi connectivity index (χ0) is 14.4. The summed E-state index contributed by atoms with van der Waals surface area (Å²) in [7, 11) is 0. The SMILES string of the molecule is CCCc1c(NCC)ncnc1Oc1ccccc1C. The predicted molar refractivity (Wildman–Crippen MR) is 81.4 cm³/mol. The van der Waals surface area contributed by atoms with E-state index in [0.29, 0.717) is 5.88 Å². The Labute approximate surface area is 120 Å². The molecule has 0 fully saturated rings. The Kier molecular flexibility index (Phi) is 4.93. The van der Waals surface area contributed by atoms with Crippen LogP contribution in [0.2, 0.25) is 0 Å². The third-order valence-electron chi connectivity index (χ3n) is 3.05. The quantitative estimate of drug-likeness (QED) is 0.863. The average molecular weight is 271 g/mol. The van der Waals surface area contributed by atoms with Crippen molar-refractivity contribution in [2.75, 3.05) is 11.9 Å². The molecule has 0 aliphatic carbocycles. The van der Waals surface area contributed by atoms with E-state index in [0.717, 1.165) is 42.1 Å². The van der Waals surface area contributed by atoms with Crippen LogP contribution in [0.4, 0.5) is 5.82 Å². The minimum Gasteiger partial charge on any atom is -0.438 e. The largest absolute Gasteiger partial charge is 0.438 e. The first kappa shape index (κ1) is 14.3. The highest BCUT2D eigenvalue weighted by molar-refractivity contribution is 5.50. The molecule has 20 heavy (non-hydrogen) atoms. The van der Waals surface area contributed by atoms with Gasteiger partial charge < -0.3 is 10.1 Å². The number of nitrogens with one attached hydrogen (secondary N) is 1. The van der Waals surface area contributed by atoms with Gasteiger partial charge in [-0.25, -0.2) is 9.97 Å². The first-order valence-electron chi connectivity index (χ1n) is 7.07. The van der Waals surface area contributed by atoms with E-state index >= 15 is 0 Å². The summed E-state index contributed by atoms with van der Waals surface area (Å²) in [6.07, 6.45) is 3.46. The fraction of sp³-hybridized carbons (Fsp3) is 0.375. The van der Waals surface area contributed by atoms with E-state index < -0.39 is 0 Å². The van der Waals surface area contributed by atoms with Crippen molar-refractivity contribution in [3.8, 4) is 11.6 Å². The summed E-state index contributed by atoms with van der Waals surface area (Å²) in [6.45, 7) is 7.05. The van der Waals surface area contributed by atoms with Gasteiger partial charge in [0, 0.05) is 6.54 Å². The molecule has 0 unspecified atom stereocenters. The van der Waals surface area contributed by atoms with Crippen molar-refractivity contribution in [3.05, 3.63) is 41.7 Å². The lowest BCUT2D eigenvalue weighted by Crippen LogP contribution is -2.06. The van der Waals surface area contributed by atoms with Crippen LogP contribution < -0.4 is 10.1 Å². The molecule has 106 valence electrons. The second-order valence-corrected chi connectivity index (χ2v) is 4.65. The third-order valence-corrected chi connectivity index (χ3v) is 3.05. The van der Waals surface area contributed by atoms with Crippen LogP contribution in [0.25, 0.3) is 0 Å². The predicted octanol–water partition coefficient (Wildman–Crippen LogP) is 3.96. The summed E-state index contributed by atoms with van der Waals surface area (Å²) in [4.78, 5) is 8.61. The molecule has 1 N–H and O–H groups in total. The maximum Gasteiger partial charge on any atom is 0.227 e. The average Bonchev–Trinajstić information content (AvgIpc) is 2.45. The van der Waals surface area contributed by atoms with E-state index in [4.69, 9.17) is 4.74 Å². The highest BCUT2D eigenvalue weighted by Crippen LogP contribution is 2.29. The van der Waals surface area contributed by atoms with Crippen LogP contribution in [0.5, 0.6) is 11.6 Å². The van der Waals surface area contributed by atoms with Gasteiger partial charge in [-0.2, -0.15) is 0 Å². The van der Waals surface area contributed by atoms with E-state index in [2.05, 4.69) is 29.1 Å². The normalized spacial score (nSPS) is 10.3. The van der Waals surface area contributed by atoms with Gasteiger partial charge in [0.05, 0.1) is 5.56 Å². The number of hydrogen-bond donors (Lipinski definition) is 1. The molecule has 1 aromatic heterocycles. The number of anilines is 1. The van der Waals surface area contributed by atoms with Gasteiger partial charge in [-0.15, -0.1) is 0 Å². The molecular formula is C16H21N3O. The van der Waals surface area contributed by atoms with Crippen LogP contribution in [0.1, 0.15) is 31.4 Å². The Bertz CT molecular complexity index is 569.